The van der Waals surface area contributed by atoms with Crippen LogP contribution in [0.15, 0.2) is 42.7 Å². The minimum atomic E-state index is 0.752. The molecular weight excluding hydrogens is 220 g/mol. The Kier molecular flexibility index (Phi) is 3.88. The lowest BCUT2D eigenvalue weighted by Gasteiger charge is -2.06. The summed E-state index contributed by atoms with van der Waals surface area (Å²) in [5, 5.41) is 4.16. The van der Waals surface area contributed by atoms with Crippen molar-refractivity contribution in [3.8, 4) is 11.4 Å². The molecule has 0 aliphatic carbocycles. The van der Waals surface area contributed by atoms with E-state index in [1.54, 1.807) is 18.0 Å². The van der Waals surface area contributed by atoms with Crippen molar-refractivity contribution in [2.75, 3.05) is 18.6 Å². The van der Waals surface area contributed by atoms with Gasteiger partial charge in [0.25, 0.3) is 0 Å². The van der Waals surface area contributed by atoms with E-state index < -0.39 is 0 Å². The second-order valence-electron chi connectivity index (χ2n) is 3.29. The molecular formula is C12H14N2OS. The molecule has 0 N–H and O–H groups in total. The first-order chi connectivity index (χ1) is 7.90. The van der Waals surface area contributed by atoms with Gasteiger partial charge in [-0.25, -0.2) is 4.68 Å². The molecule has 4 heteroatoms. The molecule has 0 bridgehead atoms. The van der Waals surface area contributed by atoms with Crippen LogP contribution in [-0.4, -0.2) is 28.4 Å². The average Bonchev–Trinajstić information content (AvgIpc) is 2.84. The van der Waals surface area contributed by atoms with Gasteiger partial charge in [-0.2, -0.15) is 16.9 Å². The number of hydrogen-bond acceptors (Lipinski definition) is 3. The van der Waals surface area contributed by atoms with E-state index in [2.05, 4.69) is 11.4 Å². The van der Waals surface area contributed by atoms with Crippen molar-refractivity contribution in [1.29, 1.82) is 0 Å². The Morgan fingerprint density at radius 3 is 2.75 bits per heavy atom. The van der Waals surface area contributed by atoms with Crippen LogP contribution in [0.25, 0.3) is 5.69 Å². The molecule has 1 heterocycles. The second kappa shape index (κ2) is 5.61. The van der Waals surface area contributed by atoms with E-state index in [0.717, 1.165) is 23.8 Å². The predicted molar refractivity (Wildman–Crippen MR) is 67.4 cm³/mol. The van der Waals surface area contributed by atoms with Gasteiger partial charge in [-0.05, 0) is 36.6 Å². The third kappa shape index (κ3) is 2.79. The number of thioether (sulfide) groups is 1. The third-order valence-electron chi connectivity index (χ3n) is 2.16. The Morgan fingerprint density at radius 1 is 1.31 bits per heavy atom. The van der Waals surface area contributed by atoms with E-state index >= 15 is 0 Å². The molecule has 0 unspecified atom stereocenters. The highest BCUT2D eigenvalue weighted by Crippen LogP contribution is 2.14. The average molecular weight is 234 g/mol. The molecule has 16 heavy (non-hydrogen) atoms. The summed E-state index contributed by atoms with van der Waals surface area (Å²) in [6.45, 7) is 0.752. The van der Waals surface area contributed by atoms with Gasteiger partial charge in [-0.3, -0.25) is 0 Å². The van der Waals surface area contributed by atoms with E-state index in [4.69, 9.17) is 4.74 Å². The van der Waals surface area contributed by atoms with Gasteiger partial charge in [0.05, 0.1) is 12.3 Å². The lowest BCUT2D eigenvalue weighted by molar-refractivity contribution is 0.344. The minimum Gasteiger partial charge on any atom is -0.493 e. The Bertz CT molecular complexity index is 411. The summed E-state index contributed by atoms with van der Waals surface area (Å²) >= 11 is 1.78. The molecule has 0 amide bonds. The van der Waals surface area contributed by atoms with Gasteiger partial charge in [-0.15, -0.1) is 0 Å². The first kappa shape index (κ1) is 11.1. The maximum absolute atomic E-state index is 5.57. The van der Waals surface area contributed by atoms with Crippen molar-refractivity contribution in [1.82, 2.24) is 9.78 Å². The van der Waals surface area contributed by atoms with Gasteiger partial charge in [0.1, 0.15) is 5.75 Å². The Hall–Kier alpha value is -1.42. The third-order valence-corrected chi connectivity index (χ3v) is 2.74. The largest absolute Gasteiger partial charge is 0.493 e. The molecule has 0 saturated heterocycles. The molecule has 2 rings (SSSR count). The summed E-state index contributed by atoms with van der Waals surface area (Å²) in [6, 6.07) is 9.85. The molecule has 0 atom stereocenters. The van der Waals surface area contributed by atoms with Gasteiger partial charge < -0.3 is 4.74 Å². The van der Waals surface area contributed by atoms with Gasteiger partial charge in [0.15, 0.2) is 0 Å². The van der Waals surface area contributed by atoms with E-state index in [9.17, 15) is 0 Å². The number of benzene rings is 1. The molecule has 3 nitrogen and oxygen atoms in total. The molecule has 0 saturated carbocycles. The van der Waals surface area contributed by atoms with E-state index in [1.807, 2.05) is 41.2 Å². The number of ether oxygens (including phenoxy) is 1. The van der Waals surface area contributed by atoms with Crippen molar-refractivity contribution in [2.24, 2.45) is 0 Å². The topological polar surface area (TPSA) is 27.1 Å². The molecule has 2 aromatic rings. The van der Waals surface area contributed by atoms with Crippen LogP contribution in [0.5, 0.6) is 5.75 Å². The van der Waals surface area contributed by atoms with E-state index in [-0.39, 0.29) is 0 Å². The quantitative estimate of drug-likeness (QED) is 0.744. The fourth-order valence-electron chi connectivity index (χ4n) is 1.36. The molecule has 0 spiro atoms. The van der Waals surface area contributed by atoms with Crippen LogP contribution in [0.1, 0.15) is 0 Å². The van der Waals surface area contributed by atoms with Crippen molar-refractivity contribution >= 4 is 11.8 Å². The van der Waals surface area contributed by atoms with Gasteiger partial charge in [0.2, 0.25) is 0 Å². The Balaban J connectivity index is 2.00. The van der Waals surface area contributed by atoms with Crippen LogP contribution < -0.4 is 4.74 Å². The summed E-state index contributed by atoms with van der Waals surface area (Å²) in [7, 11) is 0. The summed E-state index contributed by atoms with van der Waals surface area (Å²) < 4.78 is 7.39. The maximum atomic E-state index is 5.57. The standard InChI is InChI=1S/C12H14N2OS/c1-16-10-9-15-12-5-3-11(4-6-12)14-8-2-7-13-14/h2-8H,9-10H2,1H3. The normalized spacial score (nSPS) is 10.3. The fraction of sp³-hybridized carbons (Fsp3) is 0.250. The van der Waals surface area contributed by atoms with Crippen molar-refractivity contribution in [3.05, 3.63) is 42.7 Å². The fourth-order valence-corrected chi connectivity index (χ4v) is 1.61. The van der Waals surface area contributed by atoms with Crippen LogP contribution in [0, 0.1) is 0 Å². The first-order valence-corrected chi connectivity index (χ1v) is 6.51. The lowest BCUT2D eigenvalue weighted by atomic mass is 10.3. The number of aromatic nitrogens is 2. The van der Waals surface area contributed by atoms with E-state index in [1.165, 1.54) is 0 Å². The van der Waals surface area contributed by atoms with Gasteiger partial charge in [-0.1, -0.05) is 0 Å². The zero-order valence-corrected chi connectivity index (χ0v) is 9.98. The Morgan fingerprint density at radius 2 is 2.12 bits per heavy atom. The number of nitrogens with zero attached hydrogens (tertiary/aromatic N) is 2. The van der Waals surface area contributed by atoms with Crippen LogP contribution in [-0.2, 0) is 0 Å². The lowest BCUT2D eigenvalue weighted by Crippen LogP contribution is -2.00. The zero-order valence-electron chi connectivity index (χ0n) is 9.17. The highest BCUT2D eigenvalue weighted by Gasteiger charge is 1.97. The highest BCUT2D eigenvalue weighted by molar-refractivity contribution is 7.98. The summed E-state index contributed by atoms with van der Waals surface area (Å²) in [5.41, 5.74) is 1.04. The molecule has 1 aromatic heterocycles. The molecule has 0 fully saturated rings. The summed E-state index contributed by atoms with van der Waals surface area (Å²) in [4.78, 5) is 0. The van der Waals surface area contributed by atoms with Crippen LogP contribution >= 0.6 is 11.8 Å². The first-order valence-electron chi connectivity index (χ1n) is 5.12. The van der Waals surface area contributed by atoms with Crippen molar-refractivity contribution in [3.63, 3.8) is 0 Å². The van der Waals surface area contributed by atoms with Gasteiger partial charge in [0, 0.05) is 18.1 Å². The van der Waals surface area contributed by atoms with Crippen LogP contribution in [0.3, 0.4) is 0 Å². The zero-order chi connectivity index (χ0) is 11.2. The maximum Gasteiger partial charge on any atom is 0.119 e. The molecule has 84 valence electrons. The minimum absolute atomic E-state index is 0.752. The predicted octanol–water partition coefficient (Wildman–Crippen LogP) is 2.61. The number of hydrogen-bond donors (Lipinski definition) is 0. The van der Waals surface area contributed by atoms with E-state index in [0.29, 0.717) is 0 Å². The molecule has 0 aliphatic heterocycles. The van der Waals surface area contributed by atoms with Crippen molar-refractivity contribution in [2.45, 2.75) is 0 Å². The SMILES string of the molecule is CSCCOc1ccc(-n2cccn2)cc1. The second-order valence-corrected chi connectivity index (χ2v) is 4.27. The monoisotopic (exact) mass is 234 g/mol. The van der Waals surface area contributed by atoms with Crippen LogP contribution in [0.4, 0.5) is 0 Å². The smallest absolute Gasteiger partial charge is 0.119 e. The molecule has 0 radical (unpaired) electrons. The van der Waals surface area contributed by atoms with Gasteiger partial charge >= 0.3 is 0 Å². The van der Waals surface area contributed by atoms with Crippen molar-refractivity contribution < 1.29 is 4.74 Å². The summed E-state index contributed by atoms with van der Waals surface area (Å²) in [6.07, 6.45) is 5.76. The summed E-state index contributed by atoms with van der Waals surface area (Å²) in [5.74, 6) is 1.92. The highest BCUT2D eigenvalue weighted by atomic mass is 32.2. The van der Waals surface area contributed by atoms with Crippen LogP contribution in [0.2, 0.25) is 0 Å². The molecule has 0 aliphatic rings. The Labute approximate surface area is 99.4 Å². The molecule has 1 aromatic carbocycles. The number of rotatable bonds is 5.